The molecule has 2 unspecified atom stereocenters. The van der Waals surface area contributed by atoms with Gasteiger partial charge in [-0.2, -0.15) is 0 Å². The van der Waals surface area contributed by atoms with Crippen LogP contribution in [0.25, 0.3) is 0 Å². The van der Waals surface area contributed by atoms with Crippen molar-refractivity contribution in [2.45, 2.75) is 76.9 Å². The second-order valence-electron chi connectivity index (χ2n) is 11.5. The number of carbonyl (C=O) groups is 2. The number of benzene rings is 3. The van der Waals surface area contributed by atoms with Crippen molar-refractivity contribution in [2.75, 3.05) is 20.4 Å². The number of carbonyl (C=O) groups excluding carboxylic acids is 2. The van der Waals surface area contributed by atoms with Crippen molar-refractivity contribution in [2.24, 2.45) is 0 Å². The number of hydrogen-bond acceptors (Lipinski definition) is 4. The van der Waals surface area contributed by atoms with Crippen molar-refractivity contribution >= 4 is 34.7 Å². The summed E-state index contributed by atoms with van der Waals surface area (Å²) in [6.07, 6.45) is 9.47. The summed E-state index contributed by atoms with van der Waals surface area (Å²) in [7, 11) is 0.788. The van der Waals surface area contributed by atoms with Crippen LogP contribution in [0.5, 0.6) is 0 Å². The van der Waals surface area contributed by atoms with Gasteiger partial charge in [0.05, 0.1) is 0 Å². The third-order valence-electron chi connectivity index (χ3n) is 8.95. The van der Waals surface area contributed by atoms with E-state index in [1.54, 1.807) is 6.92 Å². The van der Waals surface area contributed by atoms with Crippen LogP contribution in [-0.2, 0) is 19.1 Å². The van der Waals surface area contributed by atoms with Crippen LogP contribution in [0.3, 0.4) is 0 Å². The summed E-state index contributed by atoms with van der Waals surface area (Å²) < 4.78 is 10.6. The van der Waals surface area contributed by atoms with Gasteiger partial charge in [-0.1, -0.05) is 0 Å². The van der Waals surface area contributed by atoms with Gasteiger partial charge < -0.3 is 9.47 Å². The molecule has 0 spiro atoms. The van der Waals surface area contributed by atoms with Gasteiger partial charge in [-0.25, -0.2) is 0 Å². The molecule has 0 N–H and O–H groups in total. The van der Waals surface area contributed by atoms with Crippen LogP contribution in [0.15, 0.2) is 102 Å². The summed E-state index contributed by atoms with van der Waals surface area (Å²) in [6.45, 7) is 1.75. The zero-order chi connectivity index (χ0) is 29.8. The smallest absolute Gasteiger partial charge is 0.370 e. The Morgan fingerprint density at radius 1 is 0.548 bits per heavy atom. The van der Waals surface area contributed by atoms with E-state index >= 15 is 0 Å². The van der Waals surface area contributed by atoms with Crippen LogP contribution >= 0.6 is 7.26 Å². The molecule has 3 aromatic rings. The summed E-state index contributed by atoms with van der Waals surface area (Å²) in [5.41, 5.74) is 1.17. The Balaban J connectivity index is 1.26. The molecule has 0 heterocycles. The van der Waals surface area contributed by atoms with Gasteiger partial charge in [0.1, 0.15) is 0 Å². The molecule has 0 saturated heterocycles. The van der Waals surface area contributed by atoms with Crippen LogP contribution in [0, 0.1) is 0 Å². The number of rotatable bonds is 16. The minimum Gasteiger partial charge on any atom is -0.370 e. The summed E-state index contributed by atoms with van der Waals surface area (Å²) in [6, 6.07) is 33.5. The van der Waals surface area contributed by atoms with Crippen molar-refractivity contribution in [3.8, 4) is 0 Å². The fraction of sp³-hybridized carbons (Fsp3) is 0.405. The molecule has 0 radical (unpaired) electrons. The van der Waals surface area contributed by atoms with Gasteiger partial charge >= 0.3 is 195 Å². The number of Topliss-reactive ketones (excluding diaryl/α,β-unsaturated/α-hetero) is 2. The summed E-state index contributed by atoms with van der Waals surface area (Å²) in [5.74, 6) is -0.222. The molecule has 0 amide bonds. The van der Waals surface area contributed by atoms with E-state index in [-0.39, 0.29) is 11.6 Å². The summed E-state index contributed by atoms with van der Waals surface area (Å²) >= 11 is 0. The Hall–Kier alpha value is -2.91. The van der Waals surface area contributed by atoms with Crippen molar-refractivity contribution in [3.05, 3.63) is 102 Å². The standard InChI is InChI=1S/C37H47O4P/c1-29-33(35(39)37(41-3)36(40-2)34(29)38)27-19-8-6-4-5-7-9-20-28-42(30-21-13-10-14-22-30,31-23-15-11-16-24-31)32-25-17-12-18-26-32/h10-18,21-26,36-37,42H,4-9,19-20,27-28H2,1-3H3. The first-order valence-corrected chi connectivity index (χ1v) is 17.8. The molecule has 3 aromatic carbocycles. The first-order valence-electron chi connectivity index (χ1n) is 15.5. The number of ketones is 2. The van der Waals surface area contributed by atoms with E-state index in [4.69, 9.17) is 9.47 Å². The third kappa shape index (κ3) is 7.35. The molecule has 0 aliphatic heterocycles. The minimum absolute atomic E-state index is 0.0948. The summed E-state index contributed by atoms with van der Waals surface area (Å²) in [5, 5.41) is 4.46. The monoisotopic (exact) mass is 586 g/mol. The van der Waals surface area contributed by atoms with E-state index in [1.807, 2.05) is 0 Å². The predicted molar refractivity (Wildman–Crippen MR) is 177 cm³/mol. The van der Waals surface area contributed by atoms with Crippen LogP contribution in [-0.4, -0.2) is 44.2 Å². The molecular weight excluding hydrogens is 539 g/mol. The Morgan fingerprint density at radius 3 is 1.36 bits per heavy atom. The average molecular weight is 587 g/mol. The normalized spacial score (nSPS) is 18.0. The van der Waals surface area contributed by atoms with Crippen molar-refractivity contribution < 1.29 is 19.1 Å². The van der Waals surface area contributed by atoms with Crippen molar-refractivity contribution in [1.82, 2.24) is 0 Å². The van der Waals surface area contributed by atoms with Gasteiger partial charge in [0.25, 0.3) is 0 Å². The second kappa shape index (κ2) is 16.1. The predicted octanol–water partition coefficient (Wildman–Crippen LogP) is 6.72. The molecule has 0 fully saturated rings. The Morgan fingerprint density at radius 2 is 0.929 bits per heavy atom. The molecular formula is C37H47O4P. The van der Waals surface area contributed by atoms with Gasteiger partial charge in [-0.05, 0) is 6.92 Å². The average Bonchev–Trinajstić information content (AvgIpc) is 3.04. The van der Waals surface area contributed by atoms with E-state index in [2.05, 4.69) is 91.0 Å². The fourth-order valence-corrected chi connectivity index (χ4v) is 11.6. The van der Waals surface area contributed by atoms with Gasteiger partial charge in [-0.3, -0.25) is 9.59 Å². The van der Waals surface area contributed by atoms with E-state index in [1.165, 1.54) is 68.4 Å². The molecule has 2 atom stereocenters. The van der Waals surface area contributed by atoms with E-state index in [0.717, 1.165) is 19.3 Å². The Bertz CT molecular complexity index is 1210. The molecule has 1 aliphatic carbocycles. The first-order chi connectivity index (χ1) is 20.5. The van der Waals surface area contributed by atoms with Crippen LogP contribution < -0.4 is 15.9 Å². The van der Waals surface area contributed by atoms with Gasteiger partial charge in [0.2, 0.25) is 0 Å². The molecule has 4 rings (SSSR count). The first kappa shape index (κ1) is 32.0. The molecule has 4 nitrogen and oxygen atoms in total. The molecule has 5 heteroatoms. The number of methoxy groups -OCH3 is 2. The maximum atomic E-state index is 12.9. The Kier molecular flexibility index (Phi) is 12.3. The van der Waals surface area contributed by atoms with Crippen LogP contribution in [0.4, 0.5) is 0 Å². The van der Waals surface area contributed by atoms with Crippen molar-refractivity contribution in [1.29, 1.82) is 0 Å². The molecule has 42 heavy (non-hydrogen) atoms. The summed E-state index contributed by atoms with van der Waals surface area (Å²) in [4.78, 5) is 25.5. The molecule has 1 aliphatic rings. The molecule has 0 saturated carbocycles. The second-order valence-corrected chi connectivity index (χ2v) is 15.5. The van der Waals surface area contributed by atoms with Crippen LogP contribution in [0.2, 0.25) is 0 Å². The maximum absolute atomic E-state index is 12.9. The van der Waals surface area contributed by atoms with Gasteiger partial charge in [0, 0.05) is 14.2 Å². The zero-order valence-corrected chi connectivity index (χ0v) is 26.5. The van der Waals surface area contributed by atoms with E-state index in [9.17, 15) is 9.59 Å². The Labute approximate surface area is 252 Å². The number of unbranched alkanes of at least 4 members (excludes halogenated alkanes) is 7. The van der Waals surface area contributed by atoms with Crippen molar-refractivity contribution in [3.63, 3.8) is 0 Å². The third-order valence-corrected chi connectivity index (χ3v) is 14.0. The SMILES string of the molecule is COC1C(=O)C(C)=C(CCCCCCCCCC[PH](c2ccccc2)(c2ccccc2)c2ccccc2)C(=O)C1OC. The molecule has 0 aromatic heterocycles. The van der Waals surface area contributed by atoms with E-state index in [0.29, 0.717) is 17.6 Å². The van der Waals surface area contributed by atoms with Gasteiger partial charge in [0.15, 0.2) is 18.0 Å². The fourth-order valence-electron chi connectivity index (χ4n) is 6.62. The van der Waals surface area contributed by atoms with Gasteiger partial charge in [-0.15, -0.1) is 0 Å². The number of hydrogen-bond donors (Lipinski definition) is 0. The number of ether oxygens (including phenoxy) is 2. The molecule has 224 valence electrons. The van der Waals surface area contributed by atoms with E-state index < -0.39 is 19.5 Å². The topological polar surface area (TPSA) is 52.6 Å². The molecule has 0 bridgehead atoms. The zero-order valence-electron chi connectivity index (χ0n) is 25.5. The quantitative estimate of drug-likeness (QED) is 0.138. The van der Waals surface area contributed by atoms with Crippen LogP contribution in [0.1, 0.15) is 64.7 Å². The minimum atomic E-state index is -2.13.